The van der Waals surface area contributed by atoms with E-state index in [0.29, 0.717) is 17.2 Å². The molecule has 2 rings (SSSR count). The minimum Gasteiger partial charge on any atom is -0.445 e. The van der Waals surface area contributed by atoms with Gasteiger partial charge in [0.15, 0.2) is 5.89 Å². The largest absolute Gasteiger partial charge is 0.445 e. The molecule has 0 bridgehead atoms. The Morgan fingerprint density at radius 2 is 2.38 bits per heavy atom. The van der Waals surface area contributed by atoms with Crippen LogP contribution >= 0.6 is 11.6 Å². The molecule has 1 heterocycles. The standard InChI is InChI=1S/C10H14ClNO/c1-10(2)5-7(10)8-6-12-9(13-8)3-4-11/h6-7H,3-5H2,1-2H3. The molecule has 1 unspecified atom stereocenters. The minimum atomic E-state index is 0.414. The van der Waals surface area contributed by atoms with Gasteiger partial charge in [0.1, 0.15) is 5.76 Å². The number of hydrogen-bond donors (Lipinski definition) is 0. The zero-order valence-corrected chi connectivity index (χ0v) is 8.77. The Kier molecular flexibility index (Phi) is 2.11. The van der Waals surface area contributed by atoms with Crippen LogP contribution in [-0.2, 0) is 6.42 Å². The van der Waals surface area contributed by atoms with Crippen LogP contribution in [0.1, 0.15) is 37.8 Å². The van der Waals surface area contributed by atoms with Crippen molar-refractivity contribution in [1.29, 1.82) is 0 Å². The molecule has 2 nitrogen and oxygen atoms in total. The summed E-state index contributed by atoms with van der Waals surface area (Å²) < 4.78 is 5.59. The highest BCUT2D eigenvalue weighted by molar-refractivity contribution is 6.17. The van der Waals surface area contributed by atoms with Crippen LogP contribution in [0.15, 0.2) is 10.6 Å². The first-order chi connectivity index (χ1) is 6.13. The first-order valence-electron chi connectivity index (χ1n) is 4.64. The van der Waals surface area contributed by atoms with Crippen molar-refractivity contribution in [1.82, 2.24) is 4.98 Å². The van der Waals surface area contributed by atoms with Crippen molar-refractivity contribution in [3.8, 4) is 0 Å². The predicted octanol–water partition coefficient (Wildman–Crippen LogP) is 2.97. The fraction of sp³-hybridized carbons (Fsp3) is 0.700. The Morgan fingerprint density at radius 1 is 1.69 bits per heavy atom. The molecule has 1 aromatic rings. The molecule has 13 heavy (non-hydrogen) atoms. The Hall–Kier alpha value is -0.500. The maximum absolute atomic E-state index is 5.60. The fourth-order valence-electron chi connectivity index (χ4n) is 1.63. The second-order valence-corrected chi connectivity index (χ2v) is 4.72. The third-order valence-electron chi connectivity index (χ3n) is 2.74. The van der Waals surface area contributed by atoms with E-state index in [1.54, 1.807) is 0 Å². The van der Waals surface area contributed by atoms with Crippen LogP contribution in [0.25, 0.3) is 0 Å². The third kappa shape index (κ3) is 1.73. The molecule has 1 aromatic heterocycles. The van der Waals surface area contributed by atoms with Gasteiger partial charge in [-0.1, -0.05) is 13.8 Å². The SMILES string of the molecule is CC1(C)CC1c1cnc(CCCl)o1. The molecule has 0 aliphatic heterocycles. The topological polar surface area (TPSA) is 26.0 Å². The van der Waals surface area contributed by atoms with Gasteiger partial charge < -0.3 is 4.42 Å². The Labute approximate surface area is 83.3 Å². The van der Waals surface area contributed by atoms with Crippen LogP contribution in [0.2, 0.25) is 0 Å². The summed E-state index contributed by atoms with van der Waals surface area (Å²) in [5, 5.41) is 0. The van der Waals surface area contributed by atoms with Gasteiger partial charge in [-0.05, 0) is 11.8 Å². The molecule has 1 aliphatic rings. The summed E-state index contributed by atoms with van der Waals surface area (Å²) in [5.41, 5.74) is 0.414. The fourth-order valence-corrected chi connectivity index (χ4v) is 1.80. The molecule has 0 N–H and O–H groups in total. The van der Waals surface area contributed by atoms with Crippen molar-refractivity contribution in [2.75, 3.05) is 5.88 Å². The van der Waals surface area contributed by atoms with Crippen molar-refractivity contribution in [2.24, 2.45) is 5.41 Å². The number of nitrogens with zero attached hydrogens (tertiary/aromatic N) is 1. The highest BCUT2D eigenvalue weighted by Crippen LogP contribution is 2.58. The molecule has 1 aliphatic carbocycles. The molecule has 0 amide bonds. The summed E-state index contributed by atoms with van der Waals surface area (Å²) in [7, 11) is 0. The first kappa shape index (κ1) is 9.07. The molecule has 1 fully saturated rings. The number of aromatic nitrogens is 1. The number of alkyl halides is 1. The molecule has 3 heteroatoms. The molecular weight excluding hydrogens is 186 g/mol. The van der Waals surface area contributed by atoms with E-state index in [0.717, 1.165) is 18.1 Å². The summed E-state index contributed by atoms with van der Waals surface area (Å²) in [6.07, 6.45) is 3.79. The summed E-state index contributed by atoms with van der Waals surface area (Å²) in [6.45, 7) is 4.50. The molecular formula is C10H14ClNO. The van der Waals surface area contributed by atoms with Gasteiger partial charge in [0.05, 0.1) is 6.20 Å². The zero-order valence-electron chi connectivity index (χ0n) is 8.01. The Morgan fingerprint density at radius 3 is 2.92 bits per heavy atom. The van der Waals surface area contributed by atoms with E-state index in [-0.39, 0.29) is 0 Å². The van der Waals surface area contributed by atoms with Crippen molar-refractivity contribution in [3.63, 3.8) is 0 Å². The average molecular weight is 200 g/mol. The Balaban J connectivity index is 2.07. The van der Waals surface area contributed by atoms with Gasteiger partial charge in [-0.2, -0.15) is 0 Å². The number of hydrogen-bond acceptors (Lipinski definition) is 2. The molecule has 1 atom stereocenters. The maximum Gasteiger partial charge on any atom is 0.195 e. The summed E-state index contributed by atoms with van der Waals surface area (Å²) in [4.78, 5) is 4.18. The molecule has 0 spiro atoms. The number of halogens is 1. The van der Waals surface area contributed by atoms with E-state index in [2.05, 4.69) is 18.8 Å². The first-order valence-corrected chi connectivity index (χ1v) is 5.17. The van der Waals surface area contributed by atoms with Crippen LogP contribution in [0, 0.1) is 5.41 Å². The lowest BCUT2D eigenvalue weighted by Crippen LogP contribution is -1.87. The van der Waals surface area contributed by atoms with E-state index in [9.17, 15) is 0 Å². The Bertz CT molecular complexity index is 306. The molecule has 0 radical (unpaired) electrons. The zero-order chi connectivity index (χ0) is 9.47. The molecule has 0 saturated heterocycles. The minimum absolute atomic E-state index is 0.414. The van der Waals surface area contributed by atoms with Gasteiger partial charge in [-0.3, -0.25) is 0 Å². The average Bonchev–Trinajstić information content (AvgIpc) is 2.52. The lowest BCUT2D eigenvalue weighted by molar-refractivity contribution is 0.443. The van der Waals surface area contributed by atoms with Crippen molar-refractivity contribution in [2.45, 2.75) is 32.6 Å². The number of oxazole rings is 1. The monoisotopic (exact) mass is 199 g/mol. The van der Waals surface area contributed by atoms with Gasteiger partial charge in [0.25, 0.3) is 0 Å². The van der Waals surface area contributed by atoms with Crippen LogP contribution in [0.3, 0.4) is 0 Å². The normalized spacial score (nSPS) is 24.7. The lowest BCUT2D eigenvalue weighted by Gasteiger charge is -1.97. The van der Waals surface area contributed by atoms with Crippen LogP contribution < -0.4 is 0 Å². The van der Waals surface area contributed by atoms with Crippen LogP contribution in [0.5, 0.6) is 0 Å². The number of aryl methyl sites for hydroxylation is 1. The molecule has 72 valence electrons. The summed E-state index contributed by atoms with van der Waals surface area (Å²) in [6, 6.07) is 0. The second-order valence-electron chi connectivity index (χ2n) is 4.34. The van der Waals surface area contributed by atoms with Gasteiger partial charge >= 0.3 is 0 Å². The van der Waals surface area contributed by atoms with Gasteiger partial charge in [-0.25, -0.2) is 4.98 Å². The van der Waals surface area contributed by atoms with Crippen molar-refractivity contribution >= 4 is 11.6 Å². The number of rotatable bonds is 3. The van der Waals surface area contributed by atoms with Gasteiger partial charge in [0, 0.05) is 18.2 Å². The van der Waals surface area contributed by atoms with E-state index >= 15 is 0 Å². The predicted molar refractivity (Wildman–Crippen MR) is 52.1 cm³/mol. The van der Waals surface area contributed by atoms with Crippen LogP contribution in [-0.4, -0.2) is 10.9 Å². The van der Waals surface area contributed by atoms with Crippen LogP contribution in [0.4, 0.5) is 0 Å². The van der Waals surface area contributed by atoms with E-state index < -0.39 is 0 Å². The molecule has 1 saturated carbocycles. The summed E-state index contributed by atoms with van der Waals surface area (Å²) in [5.74, 6) is 2.95. The highest BCUT2D eigenvalue weighted by Gasteiger charge is 2.48. The maximum atomic E-state index is 5.60. The van der Waals surface area contributed by atoms with Gasteiger partial charge in [-0.15, -0.1) is 11.6 Å². The third-order valence-corrected chi connectivity index (χ3v) is 2.93. The second kappa shape index (κ2) is 3.02. The van der Waals surface area contributed by atoms with Crippen molar-refractivity contribution < 1.29 is 4.42 Å². The van der Waals surface area contributed by atoms with Gasteiger partial charge in [0.2, 0.25) is 0 Å². The summed E-state index contributed by atoms with van der Waals surface area (Å²) >= 11 is 5.60. The van der Waals surface area contributed by atoms with E-state index in [1.807, 2.05) is 6.20 Å². The van der Waals surface area contributed by atoms with E-state index in [4.69, 9.17) is 16.0 Å². The molecule has 0 aromatic carbocycles. The smallest absolute Gasteiger partial charge is 0.195 e. The highest BCUT2D eigenvalue weighted by atomic mass is 35.5. The lowest BCUT2D eigenvalue weighted by atomic mass is 10.1. The van der Waals surface area contributed by atoms with Crippen molar-refractivity contribution in [3.05, 3.63) is 17.8 Å². The van der Waals surface area contributed by atoms with E-state index in [1.165, 1.54) is 6.42 Å². The quantitative estimate of drug-likeness (QED) is 0.700.